The third kappa shape index (κ3) is 5.29. The Morgan fingerprint density at radius 1 is 0.902 bits per heavy atom. The van der Waals surface area contributed by atoms with E-state index in [1.54, 1.807) is 36.5 Å². The number of nitrogens with one attached hydrogen (secondary N) is 1. The van der Waals surface area contributed by atoms with Crippen LogP contribution in [0.4, 0.5) is 10.1 Å². The van der Waals surface area contributed by atoms with E-state index >= 15 is 4.39 Å². The molecule has 2 aromatic carbocycles. The Kier molecular flexibility index (Phi) is 7.21. The number of alkyl halides is 1. The minimum atomic E-state index is -1.38. The van der Waals surface area contributed by atoms with Crippen molar-refractivity contribution in [2.24, 2.45) is 0 Å². The molecule has 1 saturated carbocycles. The van der Waals surface area contributed by atoms with Gasteiger partial charge >= 0.3 is 0 Å². The number of carbonyl (C=O) groups is 4. The number of piperidine rings is 1. The van der Waals surface area contributed by atoms with Crippen LogP contribution < -0.4 is 5.32 Å². The van der Waals surface area contributed by atoms with Crippen molar-refractivity contribution >= 4 is 29.1 Å². The van der Waals surface area contributed by atoms with Gasteiger partial charge in [-0.15, -0.1) is 0 Å². The second kappa shape index (κ2) is 11.0. The second-order valence-electron chi connectivity index (χ2n) is 11.1. The molecule has 6 rings (SSSR count). The van der Waals surface area contributed by atoms with Gasteiger partial charge in [0.2, 0.25) is 0 Å². The maximum atomic E-state index is 15.4. The van der Waals surface area contributed by atoms with Crippen molar-refractivity contribution in [2.45, 2.75) is 56.9 Å². The van der Waals surface area contributed by atoms with Gasteiger partial charge in [0.15, 0.2) is 11.5 Å². The molecule has 1 unspecified atom stereocenters. The number of imide groups is 1. The van der Waals surface area contributed by atoms with Crippen LogP contribution in [0.25, 0.3) is 0 Å². The number of nitrogens with zero attached hydrogens (tertiary/aromatic N) is 3. The van der Waals surface area contributed by atoms with Gasteiger partial charge in [0.25, 0.3) is 11.8 Å². The highest BCUT2D eigenvalue weighted by atomic mass is 19.1. The van der Waals surface area contributed by atoms with E-state index < -0.39 is 23.5 Å². The van der Waals surface area contributed by atoms with Crippen LogP contribution in [-0.2, 0) is 28.3 Å². The first-order chi connectivity index (χ1) is 19.8. The molecule has 0 spiro atoms. The van der Waals surface area contributed by atoms with Gasteiger partial charge in [-0.05, 0) is 54.7 Å². The Balaban J connectivity index is 1.07. The number of halogens is 1. The fourth-order valence-electron chi connectivity index (χ4n) is 6.03. The molecule has 0 radical (unpaired) electrons. The number of amides is 2. The lowest BCUT2D eigenvalue weighted by atomic mass is 9.89. The second-order valence-corrected chi connectivity index (χ2v) is 11.1. The summed E-state index contributed by atoms with van der Waals surface area (Å²) in [6.07, 6.45) is 2.59. The Labute approximate surface area is 237 Å². The zero-order valence-corrected chi connectivity index (χ0v) is 22.6. The Hall–Kier alpha value is -4.24. The summed E-state index contributed by atoms with van der Waals surface area (Å²) < 4.78 is 15.4. The largest absolute Gasteiger partial charge is 0.380 e. The van der Waals surface area contributed by atoms with Gasteiger partial charge in [0, 0.05) is 44.5 Å². The van der Waals surface area contributed by atoms with Crippen LogP contribution in [0.3, 0.4) is 0 Å². The molecule has 41 heavy (non-hydrogen) atoms. The minimum Gasteiger partial charge on any atom is -0.380 e. The number of hydrogen-bond donors (Lipinski definition) is 1. The molecule has 1 N–H and O–H groups in total. The third-order valence-corrected chi connectivity index (χ3v) is 8.38. The van der Waals surface area contributed by atoms with Gasteiger partial charge in [-0.2, -0.15) is 0 Å². The van der Waals surface area contributed by atoms with Gasteiger partial charge in [-0.3, -0.25) is 34.0 Å². The first-order valence-corrected chi connectivity index (χ1v) is 14.0. The first kappa shape index (κ1) is 27.0. The van der Waals surface area contributed by atoms with Gasteiger partial charge in [-0.1, -0.05) is 36.4 Å². The van der Waals surface area contributed by atoms with Crippen molar-refractivity contribution in [3.05, 3.63) is 94.8 Å². The molecule has 3 aliphatic rings. The van der Waals surface area contributed by atoms with E-state index in [4.69, 9.17) is 0 Å². The van der Waals surface area contributed by atoms with Gasteiger partial charge in [-0.25, -0.2) is 4.39 Å². The number of Topliss-reactive ketones (excluding diaryl/α,β-unsaturated/α-hetero) is 2. The Morgan fingerprint density at radius 2 is 1.66 bits per heavy atom. The maximum Gasteiger partial charge on any atom is 0.264 e. The number of ketones is 2. The lowest BCUT2D eigenvalue weighted by Gasteiger charge is -2.36. The van der Waals surface area contributed by atoms with Crippen LogP contribution in [0.15, 0.2) is 66.9 Å². The highest BCUT2D eigenvalue weighted by molar-refractivity contribution is 6.25. The summed E-state index contributed by atoms with van der Waals surface area (Å²) in [7, 11) is 0. The van der Waals surface area contributed by atoms with Crippen molar-refractivity contribution in [2.75, 3.05) is 18.4 Å². The molecule has 3 heterocycles. The van der Waals surface area contributed by atoms with E-state index in [0.717, 1.165) is 22.6 Å². The Bertz CT molecular complexity index is 1500. The number of likely N-dealkylation sites (tertiary alicyclic amines) is 1. The molecule has 210 valence electrons. The molecule has 1 aromatic heterocycles. The number of hydrogen-bond acceptors (Lipinski definition) is 7. The molecule has 1 saturated heterocycles. The van der Waals surface area contributed by atoms with Crippen molar-refractivity contribution in [3.63, 3.8) is 0 Å². The van der Waals surface area contributed by atoms with Crippen LogP contribution in [0.2, 0.25) is 0 Å². The highest BCUT2D eigenvalue weighted by Crippen LogP contribution is 2.36. The summed E-state index contributed by atoms with van der Waals surface area (Å²) in [6.45, 7) is 2.48. The fraction of sp³-hybridized carbons (Fsp3) is 0.344. The predicted molar refractivity (Wildman–Crippen MR) is 150 cm³/mol. The quantitative estimate of drug-likeness (QED) is 0.341. The summed E-state index contributed by atoms with van der Waals surface area (Å²) in [6, 6.07) is 17.7. The van der Waals surface area contributed by atoms with Crippen LogP contribution in [0.1, 0.15) is 69.6 Å². The number of fused-ring (bicyclic) bond motifs is 1. The van der Waals surface area contributed by atoms with E-state index in [9.17, 15) is 19.2 Å². The fourth-order valence-corrected chi connectivity index (χ4v) is 6.03. The highest BCUT2D eigenvalue weighted by Gasteiger charge is 2.45. The Morgan fingerprint density at radius 3 is 2.37 bits per heavy atom. The summed E-state index contributed by atoms with van der Waals surface area (Å²) >= 11 is 0. The summed E-state index contributed by atoms with van der Waals surface area (Å²) in [5, 5.41) is 3.28. The molecule has 1 aliphatic carbocycles. The molecule has 1 atom stereocenters. The molecule has 2 fully saturated rings. The van der Waals surface area contributed by atoms with Crippen molar-refractivity contribution in [1.29, 1.82) is 0 Å². The average molecular weight is 555 g/mol. The normalized spacial score (nSPS) is 20.8. The lowest BCUT2D eigenvalue weighted by Crippen LogP contribution is -2.47. The molecule has 8 nitrogen and oxygen atoms in total. The van der Waals surface area contributed by atoms with E-state index in [-0.39, 0.29) is 42.0 Å². The molecule has 3 aromatic rings. The summed E-state index contributed by atoms with van der Waals surface area (Å²) in [4.78, 5) is 58.0. The number of aromatic nitrogens is 1. The third-order valence-electron chi connectivity index (χ3n) is 8.38. The van der Waals surface area contributed by atoms with Crippen LogP contribution in [0.5, 0.6) is 0 Å². The van der Waals surface area contributed by atoms with Crippen LogP contribution >= 0.6 is 0 Å². The number of pyridine rings is 1. The smallest absolute Gasteiger partial charge is 0.264 e. The number of carbonyl (C=O) groups excluding carboxylic acids is 4. The van der Waals surface area contributed by atoms with Gasteiger partial charge in [0.05, 0.1) is 29.3 Å². The number of anilines is 1. The zero-order chi connectivity index (χ0) is 28.6. The monoisotopic (exact) mass is 554 g/mol. The zero-order valence-electron chi connectivity index (χ0n) is 22.6. The van der Waals surface area contributed by atoms with Gasteiger partial charge in [0.1, 0.15) is 5.78 Å². The predicted octanol–water partition coefficient (Wildman–Crippen LogP) is 4.44. The van der Waals surface area contributed by atoms with Crippen LogP contribution in [0, 0.1) is 0 Å². The lowest BCUT2D eigenvalue weighted by molar-refractivity contribution is -0.132. The summed E-state index contributed by atoms with van der Waals surface area (Å²) in [5.74, 6) is -1.53. The maximum absolute atomic E-state index is 15.4. The average Bonchev–Trinajstić information content (AvgIpc) is 3.24. The first-order valence-electron chi connectivity index (χ1n) is 14.0. The van der Waals surface area contributed by atoms with E-state index in [2.05, 4.69) is 27.3 Å². The van der Waals surface area contributed by atoms with Gasteiger partial charge < -0.3 is 5.32 Å². The SMILES string of the molecule is O=C1CCC(N2C(=O)c3cccc(NCc4ccc(CN5CCC(F)(c6ccccn6)CC5)cc4)c3C2=O)C(=O)C1. The van der Waals surface area contributed by atoms with E-state index in [0.29, 0.717) is 43.9 Å². The van der Waals surface area contributed by atoms with E-state index in [1.165, 1.54) is 0 Å². The van der Waals surface area contributed by atoms with Crippen molar-refractivity contribution in [1.82, 2.24) is 14.8 Å². The molecule has 0 bridgehead atoms. The molecular formula is C32H31FN4O4. The number of rotatable bonds is 7. The molecule has 2 aliphatic heterocycles. The standard InChI is InChI=1S/C32H31FN4O4/c33-32(28-6-1-2-15-34-28)13-16-36(17-14-32)20-22-9-7-21(8-10-22)19-35-25-5-3-4-24-29(25)31(41)37(30(24)40)26-12-11-23(38)18-27(26)39/h1-10,15,26,35H,11-14,16-20H2. The topological polar surface area (TPSA) is 99.7 Å². The molecule has 9 heteroatoms. The summed E-state index contributed by atoms with van der Waals surface area (Å²) in [5.41, 5.74) is 2.32. The van der Waals surface area contributed by atoms with E-state index in [1.807, 2.05) is 18.2 Å². The van der Waals surface area contributed by atoms with Crippen LogP contribution in [-0.4, -0.2) is 57.3 Å². The molecular weight excluding hydrogens is 523 g/mol. The number of benzene rings is 2. The minimum absolute atomic E-state index is 0.158. The van der Waals surface area contributed by atoms with Crippen molar-refractivity contribution < 1.29 is 23.6 Å². The van der Waals surface area contributed by atoms with Crippen molar-refractivity contribution in [3.8, 4) is 0 Å². The molecule has 2 amide bonds.